The van der Waals surface area contributed by atoms with E-state index in [2.05, 4.69) is 5.32 Å². The quantitative estimate of drug-likeness (QED) is 0.767. The predicted octanol–water partition coefficient (Wildman–Crippen LogP) is 1.26. The minimum absolute atomic E-state index is 0.0248. The van der Waals surface area contributed by atoms with E-state index in [0.717, 1.165) is 6.54 Å². The molecule has 1 saturated carbocycles. The molecule has 20 heavy (non-hydrogen) atoms. The number of nitrogens with two attached hydrogens (primary N) is 1. The standard InChI is InChI=1S/C15H21N3O2/c1-2-18(10-11-3-4-11)14(19)9-17-15(20)12-5-7-13(16)8-6-12/h5-8,11H,2-4,9-10,16H2,1H3,(H,17,20). The summed E-state index contributed by atoms with van der Waals surface area (Å²) in [6.07, 6.45) is 2.42. The van der Waals surface area contributed by atoms with Crippen molar-refractivity contribution >= 4 is 17.5 Å². The third-order valence-electron chi connectivity index (χ3n) is 3.48. The Labute approximate surface area is 119 Å². The molecule has 1 aromatic carbocycles. The Kier molecular flexibility index (Phi) is 4.61. The fourth-order valence-electron chi connectivity index (χ4n) is 2.02. The maximum Gasteiger partial charge on any atom is 0.251 e. The second-order valence-electron chi connectivity index (χ2n) is 5.18. The summed E-state index contributed by atoms with van der Waals surface area (Å²) in [6, 6.07) is 6.64. The molecular weight excluding hydrogens is 254 g/mol. The lowest BCUT2D eigenvalue weighted by Crippen LogP contribution is -2.41. The van der Waals surface area contributed by atoms with Gasteiger partial charge in [0.25, 0.3) is 5.91 Å². The van der Waals surface area contributed by atoms with Gasteiger partial charge in [-0.1, -0.05) is 0 Å². The molecular formula is C15H21N3O2. The zero-order valence-electron chi connectivity index (χ0n) is 11.8. The van der Waals surface area contributed by atoms with Crippen molar-refractivity contribution in [2.45, 2.75) is 19.8 Å². The van der Waals surface area contributed by atoms with Crippen molar-refractivity contribution in [1.82, 2.24) is 10.2 Å². The minimum atomic E-state index is -0.249. The van der Waals surface area contributed by atoms with Gasteiger partial charge in [0.15, 0.2) is 0 Å². The highest BCUT2D eigenvalue weighted by Crippen LogP contribution is 2.29. The molecule has 3 N–H and O–H groups in total. The molecule has 5 heteroatoms. The maximum absolute atomic E-state index is 12.0. The number of nitrogens with one attached hydrogen (secondary N) is 1. The van der Waals surface area contributed by atoms with Gasteiger partial charge in [0.2, 0.25) is 5.91 Å². The molecule has 0 spiro atoms. The van der Waals surface area contributed by atoms with Gasteiger partial charge in [0, 0.05) is 24.3 Å². The Hall–Kier alpha value is -2.04. The van der Waals surface area contributed by atoms with Crippen LogP contribution in [0.4, 0.5) is 5.69 Å². The molecule has 0 heterocycles. The fourth-order valence-corrected chi connectivity index (χ4v) is 2.02. The van der Waals surface area contributed by atoms with Crippen LogP contribution in [0.3, 0.4) is 0 Å². The molecule has 0 bridgehead atoms. The van der Waals surface area contributed by atoms with Gasteiger partial charge < -0.3 is 16.0 Å². The van der Waals surface area contributed by atoms with E-state index in [1.165, 1.54) is 12.8 Å². The van der Waals surface area contributed by atoms with Gasteiger partial charge in [-0.25, -0.2) is 0 Å². The summed E-state index contributed by atoms with van der Waals surface area (Å²) >= 11 is 0. The number of carbonyl (C=O) groups is 2. The molecule has 0 saturated heterocycles. The Balaban J connectivity index is 1.82. The summed E-state index contributed by atoms with van der Waals surface area (Å²) in [5, 5.41) is 2.66. The lowest BCUT2D eigenvalue weighted by Gasteiger charge is -2.20. The maximum atomic E-state index is 12.0. The molecule has 0 aromatic heterocycles. The van der Waals surface area contributed by atoms with Crippen molar-refractivity contribution in [1.29, 1.82) is 0 Å². The average molecular weight is 275 g/mol. The van der Waals surface area contributed by atoms with E-state index in [1.54, 1.807) is 29.2 Å². The van der Waals surface area contributed by atoms with Gasteiger partial charge in [-0.05, 0) is 49.9 Å². The van der Waals surface area contributed by atoms with Crippen LogP contribution in [0.5, 0.6) is 0 Å². The van der Waals surface area contributed by atoms with Gasteiger partial charge in [-0.15, -0.1) is 0 Å². The van der Waals surface area contributed by atoms with Crippen molar-refractivity contribution in [2.24, 2.45) is 5.92 Å². The molecule has 0 radical (unpaired) electrons. The largest absolute Gasteiger partial charge is 0.399 e. The number of benzene rings is 1. The number of rotatable bonds is 6. The van der Waals surface area contributed by atoms with E-state index in [1.807, 2.05) is 6.92 Å². The summed E-state index contributed by atoms with van der Waals surface area (Å²) in [5.41, 5.74) is 6.69. The first-order valence-electron chi connectivity index (χ1n) is 7.01. The van der Waals surface area contributed by atoms with E-state index >= 15 is 0 Å². The lowest BCUT2D eigenvalue weighted by molar-refractivity contribution is -0.130. The Morgan fingerprint density at radius 2 is 1.95 bits per heavy atom. The van der Waals surface area contributed by atoms with Crippen molar-refractivity contribution in [2.75, 3.05) is 25.4 Å². The van der Waals surface area contributed by atoms with Crippen LogP contribution in [0.25, 0.3) is 0 Å². The van der Waals surface area contributed by atoms with E-state index in [9.17, 15) is 9.59 Å². The summed E-state index contributed by atoms with van der Waals surface area (Å²) in [4.78, 5) is 25.7. The van der Waals surface area contributed by atoms with Crippen molar-refractivity contribution in [3.63, 3.8) is 0 Å². The number of hydrogen-bond donors (Lipinski definition) is 2. The number of nitrogen functional groups attached to an aromatic ring is 1. The first-order chi connectivity index (χ1) is 9.60. The Morgan fingerprint density at radius 1 is 1.30 bits per heavy atom. The SMILES string of the molecule is CCN(CC1CC1)C(=O)CNC(=O)c1ccc(N)cc1. The summed E-state index contributed by atoms with van der Waals surface area (Å²) < 4.78 is 0. The molecule has 2 amide bonds. The number of nitrogens with zero attached hydrogens (tertiary/aromatic N) is 1. The molecule has 108 valence electrons. The van der Waals surface area contributed by atoms with Crippen molar-refractivity contribution in [3.05, 3.63) is 29.8 Å². The molecule has 1 aliphatic carbocycles. The van der Waals surface area contributed by atoms with Crippen LogP contribution in [0.2, 0.25) is 0 Å². The predicted molar refractivity (Wildman–Crippen MR) is 78.2 cm³/mol. The van der Waals surface area contributed by atoms with Gasteiger partial charge in [-0.3, -0.25) is 9.59 Å². The zero-order valence-corrected chi connectivity index (χ0v) is 11.8. The van der Waals surface area contributed by atoms with Crippen LogP contribution < -0.4 is 11.1 Å². The smallest absolute Gasteiger partial charge is 0.251 e. The Bertz CT molecular complexity index is 480. The Morgan fingerprint density at radius 3 is 2.50 bits per heavy atom. The molecule has 1 aliphatic rings. The lowest BCUT2D eigenvalue weighted by atomic mass is 10.2. The number of amides is 2. The fraction of sp³-hybridized carbons (Fsp3) is 0.467. The zero-order chi connectivity index (χ0) is 14.5. The summed E-state index contributed by atoms with van der Waals surface area (Å²) in [5.74, 6) is 0.385. The van der Waals surface area contributed by atoms with Crippen LogP contribution in [-0.2, 0) is 4.79 Å². The van der Waals surface area contributed by atoms with E-state index in [0.29, 0.717) is 23.7 Å². The molecule has 2 rings (SSSR count). The highest BCUT2D eigenvalue weighted by Gasteiger charge is 2.25. The summed E-state index contributed by atoms with van der Waals surface area (Å²) in [7, 11) is 0. The van der Waals surface area contributed by atoms with Gasteiger partial charge in [0.1, 0.15) is 0 Å². The highest BCUT2D eigenvalue weighted by molar-refractivity contribution is 5.96. The van der Waals surface area contributed by atoms with Crippen LogP contribution in [0, 0.1) is 5.92 Å². The van der Waals surface area contributed by atoms with Crippen molar-refractivity contribution in [3.8, 4) is 0 Å². The van der Waals surface area contributed by atoms with Gasteiger partial charge in [-0.2, -0.15) is 0 Å². The summed E-state index contributed by atoms with van der Waals surface area (Å²) in [6.45, 7) is 3.51. The third kappa shape index (κ3) is 3.98. The van der Waals surface area contributed by atoms with Gasteiger partial charge >= 0.3 is 0 Å². The first-order valence-corrected chi connectivity index (χ1v) is 7.01. The monoisotopic (exact) mass is 275 g/mol. The molecule has 0 unspecified atom stereocenters. The van der Waals surface area contributed by atoms with E-state index in [-0.39, 0.29) is 18.4 Å². The molecule has 1 aromatic rings. The minimum Gasteiger partial charge on any atom is -0.399 e. The third-order valence-corrected chi connectivity index (χ3v) is 3.48. The molecule has 0 atom stereocenters. The van der Waals surface area contributed by atoms with E-state index in [4.69, 9.17) is 5.73 Å². The molecule has 0 aliphatic heterocycles. The normalized spacial score (nSPS) is 13.8. The van der Waals surface area contributed by atoms with Crippen LogP contribution >= 0.6 is 0 Å². The van der Waals surface area contributed by atoms with Crippen LogP contribution in [0.1, 0.15) is 30.1 Å². The highest BCUT2D eigenvalue weighted by atomic mass is 16.2. The first kappa shape index (κ1) is 14.4. The number of carbonyl (C=O) groups excluding carboxylic acids is 2. The number of likely N-dealkylation sites (N-methyl/N-ethyl adjacent to an activating group) is 1. The topological polar surface area (TPSA) is 75.4 Å². The average Bonchev–Trinajstić information content (AvgIpc) is 3.26. The molecule has 1 fully saturated rings. The number of anilines is 1. The number of hydrogen-bond acceptors (Lipinski definition) is 3. The van der Waals surface area contributed by atoms with Crippen molar-refractivity contribution < 1.29 is 9.59 Å². The van der Waals surface area contributed by atoms with Gasteiger partial charge in [0.05, 0.1) is 6.54 Å². The second-order valence-corrected chi connectivity index (χ2v) is 5.18. The van der Waals surface area contributed by atoms with E-state index < -0.39 is 0 Å². The molecule has 5 nitrogen and oxygen atoms in total. The van der Waals surface area contributed by atoms with Crippen LogP contribution in [0.15, 0.2) is 24.3 Å². The second kappa shape index (κ2) is 6.41. The van der Waals surface area contributed by atoms with Crippen LogP contribution in [-0.4, -0.2) is 36.3 Å².